The van der Waals surface area contributed by atoms with Gasteiger partial charge in [-0.2, -0.15) is 0 Å². The molecule has 5 nitrogen and oxygen atoms in total. The number of fused-ring (bicyclic) bond motifs is 3. The number of ether oxygens (including phenoxy) is 1. The van der Waals surface area contributed by atoms with Crippen LogP contribution in [0.3, 0.4) is 0 Å². The lowest BCUT2D eigenvalue weighted by Gasteiger charge is -2.16. The molecule has 0 unspecified atom stereocenters. The summed E-state index contributed by atoms with van der Waals surface area (Å²) in [6.45, 7) is 4.19. The predicted molar refractivity (Wildman–Crippen MR) is 97.8 cm³/mol. The fraction of sp³-hybridized carbons (Fsp3) is 0.158. The van der Waals surface area contributed by atoms with Gasteiger partial charge in [-0.25, -0.2) is 0 Å². The molecule has 126 valence electrons. The highest BCUT2D eigenvalue weighted by atomic mass is 79.9. The van der Waals surface area contributed by atoms with E-state index >= 15 is 0 Å². The Bertz CT molecular complexity index is 994. The van der Waals surface area contributed by atoms with Gasteiger partial charge in [-0.3, -0.25) is 4.79 Å². The molecule has 0 fully saturated rings. The topological polar surface area (TPSA) is 64.4 Å². The van der Waals surface area contributed by atoms with E-state index in [-0.39, 0.29) is 18.2 Å². The zero-order valence-electron chi connectivity index (χ0n) is 13.7. The second-order valence-corrected chi connectivity index (χ2v) is 6.96. The van der Waals surface area contributed by atoms with Crippen molar-refractivity contribution in [1.82, 2.24) is 5.16 Å². The lowest BCUT2D eigenvalue weighted by atomic mass is 10.0. The van der Waals surface area contributed by atoms with Gasteiger partial charge in [0.05, 0.1) is 11.1 Å². The Kier molecular flexibility index (Phi) is 3.84. The monoisotopic (exact) mass is 398 g/mol. The first-order valence-corrected chi connectivity index (χ1v) is 8.62. The normalized spacial score (nSPS) is 12.1. The number of aryl methyl sites for hydroxylation is 2. The SMILES string of the molecule is Cc1ccc2c(c1)-c1onc(C(=O)Nc3ccc(Br)cc3C)c1CO2. The summed E-state index contributed by atoms with van der Waals surface area (Å²) in [6.07, 6.45) is 0. The Morgan fingerprint density at radius 1 is 1.20 bits per heavy atom. The van der Waals surface area contributed by atoms with Crippen LogP contribution in [0.15, 0.2) is 45.4 Å². The Labute approximate surface area is 153 Å². The minimum absolute atomic E-state index is 0.254. The van der Waals surface area contributed by atoms with Crippen LogP contribution >= 0.6 is 15.9 Å². The summed E-state index contributed by atoms with van der Waals surface area (Å²) in [7, 11) is 0. The zero-order valence-corrected chi connectivity index (χ0v) is 15.3. The number of halogens is 1. The molecule has 3 aromatic rings. The van der Waals surface area contributed by atoms with Gasteiger partial charge in [-0.05, 0) is 49.7 Å². The van der Waals surface area contributed by atoms with E-state index in [9.17, 15) is 4.79 Å². The van der Waals surface area contributed by atoms with Crippen molar-refractivity contribution in [2.24, 2.45) is 0 Å². The lowest BCUT2D eigenvalue weighted by Crippen LogP contribution is -2.17. The van der Waals surface area contributed by atoms with E-state index < -0.39 is 0 Å². The fourth-order valence-corrected chi connectivity index (χ4v) is 3.35. The van der Waals surface area contributed by atoms with Crippen molar-refractivity contribution in [3.63, 3.8) is 0 Å². The lowest BCUT2D eigenvalue weighted by molar-refractivity contribution is 0.101. The number of aromatic nitrogens is 1. The molecule has 0 saturated carbocycles. The average Bonchev–Trinajstić information content (AvgIpc) is 3.02. The van der Waals surface area contributed by atoms with E-state index in [2.05, 4.69) is 26.4 Å². The van der Waals surface area contributed by atoms with E-state index in [0.717, 1.165) is 32.6 Å². The molecular formula is C19H15BrN2O3. The molecule has 25 heavy (non-hydrogen) atoms. The van der Waals surface area contributed by atoms with E-state index in [1.807, 2.05) is 50.2 Å². The predicted octanol–water partition coefficient (Wildman–Crippen LogP) is 4.87. The Morgan fingerprint density at radius 3 is 2.84 bits per heavy atom. The second-order valence-electron chi connectivity index (χ2n) is 6.04. The molecule has 1 aliphatic heterocycles. The molecule has 6 heteroatoms. The van der Waals surface area contributed by atoms with Gasteiger partial charge in [0.25, 0.3) is 5.91 Å². The van der Waals surface area contributed by atoms with Crippen molar-refractivity contribution in [3.05, 3.63) is 63.3 Å². The van der Waals surface area contributed by atoms with E-state index in [1.54, 1.807) is 0 Å². The van der Waals surface area contributed by atoms with Crippen molar-refractivity contribution in [3.8, 4) is 17.1 Å². The molecule has 0 radical (unpaired) electrons. The standard InChI is InChI=1S/C19H15BrN2O3/c1-10-3-6-16-13(7-10)18-14(9-24-16)17(22-25-18)19(23)21-15-5-4-12(20)8-11(15)2/h3-8H,9H2,1-2H3,(H,21,23). The Balaban J connectivity index is 1.68. The summed E-state index contributed by atoms with van der Waals surface area (Å²) >= 11 is 3.42. The highest BCUT2D eigenvalue weighted by Crippen LogP contribution is 2.39. The first-order chi connectivity index (χ1) is 12.0. The van der Waals surface area contributed by atoms with Crippen LogP contribution in [0.4, 0.5) is 5.69 Å². The smallest absolute Gasteiger partial charge is 0.278 e. The highest BCUT2D eigenvalue weighted by molar-refractivity contribution is 9.10. The highest BCUT2D eigenvalue weighted by Gasteiger charge is 2.29. The third kappa shape index (κ3) is 2.82. The largest absolute Gasteiger partial charge is 0.488 e. The number of hydrogen-bond acceptors (Lipinski definition) is 4. The summed E-state index contributed by atoms with van der Waals surface area (Å²) in [5.74, 6) is 1.03. The maximum absolute atomic E-state index is 12.7. The maximum Gasteiger partial charge on any atom is 0.278 e. The molecule has 1 amide bonds. The molecule has 0 aliphatic carbocycles. The van der Waals surface area contributed by atoms with Crippen LogP contribution in [0, 0.1) is 13.8 Å². The van der Waals surface area contributed by atoms with E-state index in [1.165, 1.54) is 0 Å². The number of amides is 1. The number of anilines is 1. The van der Waals surface area contributed by atoms with Crippen LogP contribution in [0.2, 0.25) is 0 Å². The van der Waals surface area contributed by atoms with Gasteiger partial charge in [-0.1, -0.05) is 32.7 Å². The van der Waals surface area contributed by atoms with E-state index in [4.69, 9.17) is 9.26 Å². The van der Waals surface area contributed by atoms with Gasteiger partial charge in [0.15, 0.2) is 11.5 Å². The van der Waals surface area contributed by atoms with Crippen molar-refractivity contribution in [1.29, 1.82) is 0 Å². The van der Waals surface area contributed by atoms with Crippen LogP contribution in [0.1, 0.15) is 27.2 Å². The van der Waals surface area contributed by atoms with Gasteiger partial charge in [0.2, 0.25) is 0 Å². The zero-order chi connectivity index (χ0) is 17.6. The molecule has 1 aliphatic rings. The number of rotatable bonds is 2. The Morgan fingerprint density at radius 2 is 2.04 bits per heavy atom. The third-order valence-corrected chi connectivity index (χ3v) is 4.68. The Hall–Kier alpha value is -2.60. The van der Waals surface area contributed by atoms with Crippen molar-refractivity contribution >= 4 is 27.5 Å². The van der Waals surface area contributed by atoms with Crippen LogP contribution < -0.4 is 10.1 Å². The third-order valence-electron chi connectivity index (χ3n) is 4.19. The van der Waals surface area contributed by atoms with Gasteiger partial charge in [0.1, 0.15) is 12.4 Å². The molecule has 0 spiro atoms. The molecule has 1 N–H and O–H groups in total. The first-order valence-electron chi connectivity index (χ1n) is 7.83. The molecule has 4 rings (SSSR count). The summed E-state index contributed by atoms with van der Waals surface area (Å²) < 4.78 is 12.2. The number of hydrogen-bond donors (Lipinski definition) is 1. The van der Waals surface area contributed by atoms with Crippen LogP contribution in [0.5, 0.6) is 5.75 Å². The number of carbonyl (C=O) groups excluding carboxylic acids is 1. The quantitative estimate of drug-likeness (QED) is 0.668. The number of nitrogens with zero attached hydrogens (tertiary/aromatic N) is 1. The minimum atomic E-state index is -0.310. The molecule has 0 bridgehead atoms. The number of nitrogens with one attached hydrogen (secondary N) is 1. The molecule has 2 heterocycles. The average molecular weight is 399 g/mol. The number of benzene rings is 2. The van der Waals surface area contributed by atoms with Gasteiger partial charge in [0, 0.05) is 10.2 Å². The van der Waals surface area contributed by atoms with Gasteiger partial charge in [-0.15, -0.1) is 0 Å². The second kappa shape index (κ2) is 6.04. The van der Waals surface area contributed by atoms with Crippen LogP contribution in [0.25, 0.3) is 11.3 Å². The maximum atomic E-state index is 12.7. The first kappa shape index (κ1) is 15.9. The van der Waals surface area contributed by atoms with Crippen molar-refractivity contribution in [2.45, 2.75) is 20.5 Å². The van der Waals surface area contributed by atoms with Crippen LogP contribution in [-0.2, 0) is 6.61 Å². The molecule has 0 saturated heterocycles. The summed E-state index contributed by atoms with van der Waals surface area (Å²) in [4.78, 5) is 12.7. The summed E-state index contributed by atoms with van der Waals surface area (Å²) in [5, 5.41) is 6.88. The fourth-order valence-electron chi connectivity index (χ4n) is 2.88. The summed E-state index contributed by atoms with van der Waals surface area (Å²) in [5.41, 5.74) is 4.53. The molecule has 2 aromatic carbocycles. The van der Waals surface area contributed by atoms with E-state index in [0.29, 0.717) is 11.3 Å². The molecular weight excluding hydrogens is 384 g/mol. The number of carbonyl (C=O) groups is 1. The van der Waals surface area contributed by atoms with Crippen molar-refractivity contribution < 1.29 is 14.1 Å². The minimum Gasteiger partial charge on any atom is -0.488 e. The van der Waals surface area contributed by atoms with Crippen LogP contribution in [-0.4, -0.2) is 11.1 Å². The van der Waals surface area contributed by atoms with Gasteiger partial charge >= 0.3 is 0 Å². The molecule has 0 atom stereocenters. The molecule has 1 aromatic heterocycles. The van der Waals surface area contributed by atoms with Crippen molar-refractivity contribution in [2.75, 3.05) is 5.32 Å². The summed E-state index contributed by atoms with van der Waals surface area (Å²) in [6, 6.07) is 11.5. The van der Waals surface area contributed by atoms with Gasteiger partial charge < -0.3 is 14.6 Å².